The average molecular weight is 221 g/mol. The second-order valence-corrected chi connectivity index (χ2v) is 4.72. The highest BCUT2D eigenvalue weighted by atomic mass is 16.5. The van der Waals surface area contributed by atoms with E-state index in [1.165, 1.54) is 22.3 Å². The molecule has 0 aliphatic rings. The van der Waals surface area contributed by atoms with Gasteiger partial charge in [0.2, 0.25) is 0 Å². The number of rotatable bonds is 4. The van der Waals surface area contributed by atoms with Crippen LogP contribution in [0, 0.1) is 20.8 Å². The molecular weight excluding hydrogens is 198 g/mol. The van der Waals surface area contributed by atoms with Crippen molar-refractivity contribution in [1.29, 1.82) is 0 Å². The summed E-state index contributed by atoms with van der Waals surface area (Å²) in [6.07, 6.45) is 0.217. The predicted octanol–water partition coefficient (Wildman–Crippen LogP) is 3.04. The third-order valence-electron chi connectivity index (χ3n) is 2.71. The van der Waals surface area contributed by atoms with Crippen LogP contribution in [0.25, 0.3) is 0 Å². The zero-order valence-corrected chi connectivity index (χ0v) is 11.0. The van der Waals surface area contributed by atoms with Crippen molar-refractivity contribution >= 4 is 0 Å². The van der Waals surface area contributed by atoms with E-state index in [-0.39, 0.29) is 12.2 Å². The van der Waals surface area contributed by atoms with Crippen molar-refractivity contribution in [3.05, 3.63) is 34.4 Å². The van der Waals surface area contributed by atoms with E-state index in [0.717, 1.165) is 0 Å². The smallest absolute Gasteiger partial charge is 0.0955 e. The second-order valence-electron chi connectivity index (χ2n) is 4.72. The summed E-state index contributed by atoms with van der Waals surface area (Å²) in [4.78, 5) is 0. The van der Waals surface area contributed by atoms with Crippen LogP contribution in [0.1, 0.15) is 42.2 Å². The maximum absolute atomic E-state index is 5.86. The molecule has 90 valence electrons. The molecule has 0 radical (unpaired) electrons. The summed E-state index contributed by atoms with van der Waals surface area (Å²) < 4.78 is 5.86. The molecule has 1 aromatic carbocycles. The van der Waals surface area contributed by atoms with Crippen molar-refractivity contribution in [2.24, 2.45) is 5.73 Å². The first-order valence-corrected chi connectivity index (χ1v) is 5.89. The van der Waals surface area contributed by atoms with Gasteiger partial charge in [0, 0.05) is 6.54 Å². The van der Waals surface area contributed by atoms with Crippen LogP contribution < -0.4 is 5.73 Å². The minimum atomic E-state index is 0.0144. The Morgan fingerprint density at radius 3 is 2.00 bits per heavy atom. The van der Waals surface area contributed by atoms with Gasteiger partial charge in [-0.25, -0.2) is 0 Å². The Kier molecular flexibility index (Phi) is 4.51. The van der Waals surface area contributed by atoms with Gasteiger partial charge in [-0.2, -0.15) is 0 Å². The van der Waals surface area contributed by atoms with E-state index < -0.39 is 0 Å². The molecule has 2 nitrogen and oxygen atoms in total. The van der Waals surface area contributed by atoms with Crippen molar-refractivity contribution in [1.82, 2.24) is 0 Å². The maximum Gasteiger partial charge on any atom is 0.0955 e. The molecule has 0 saturated carbocycles. The quantitative estimate of drug-likeness (QED) is 0.848. The van der Waals surface area contributed by atoms with Crippen molar-refractivity contribution in [2.75, 3.05) is 6.54 Å². The summed E-state index contributed by atoms with van der Waals surface area (Å²) in [5.41, 5.74) is 10.9. The Labute approximate surface area is 98.8 Å². The third-order valence-corrected chi connectivity index (χ3v) is 2.71. The number of ether oxygens (including phenoxy) is 1. The second kappa shape index (κ2) is 5.46. The zero-order valence-electron chi connectivity index (χ0n) is 11.0. The van der Waals surface area contributed by atoms with Gasteiger partial charge in [-0.1, -0.05) is 17.7 Å². The van der Waals surface area contributed by atoms with Gasteiger partial charge in [0.1, 0.15) is 0 Å². The fourth-order valence-electron chi connectivity index (χ4n) is 2.27. The number of benzene rings is 1. The Morgan fingerprint density at radius 2 is 1.62 bits per heavy atom. The normalized spacial score (nSPS) is 13.2. The molecule has 2 heteroatoms. The van der Waals surface area contributed by atoms with E-state index in [1.54, 1.807) is 0 Å². The lowest BCUT2D eigenvalue weighted by molar-refractivity contribution is 0.0113. The SMILES string of the molecule is Cc1cc(C)c(C(CN)OC(C)C)c(C)c1. The number of aryl methyl sites for hydroxylation is 3. The van der Waals surface area contributed by atoms with Gasteiger partial charge in [0.05, 0.1) is 12.2 Å². The van der Waals surface area contributed by atoms with Crippen LogP contribution in [-0.2, 0) is 4.74 Å². The number of hydrogen-bond acceptors (Lipinski definition) is 2. The first kappa shape index (κ1) is 13.2. The molecule has 0 spiro atoms. The maximum atomic E-state index is 5.86. The highest BCUT2D eigenvalue weighted by Gasteiger charge is 2.16. The van der Waals surface area contributed by atoms with Crippen LogP contribution in [0.3, 0.4) is 0 Å². The van der Waals surface area contributed by atoms with Crippen LogP contribution in [0.15, 0.2) is 12.1 Å². The monoisotopic (exact) mass is 221 g/mol. The fraction of sp³-hybridized carbons (Fsp3) is 0.571. The number of hydrogen-bond donors (Lipinski definition) is 1. The van der Waals surface area contributed by atoms with Crippen LogP contribution >= 0.6 is 0 Å². The summed E-state index contributed by atoms with van der Waals surface area (Å²) >= 11 is 0. The van der Waals surface area contributed by atoms with Gasteiger partial charge in [0.25, 0.3) is 0 Å². The van der Waals surface area contributed by atoms with Crippen molar-refractivity contribution in [3.8, 4) is 0 Å². The summed E-state index contributed by atoms with van der Waals surface area (Å²) in [5, 5.41) is 0. The van der Waals surface area contributed by atoms with E-state index in [4.69, 9.17) is 10.5 Å². The summed E-state index contributed by atoms with van der Waals surface area (Å²) in [5.74, 6) is 0. The molecule has 0 aromatic heterocycles. The molecule has 0 fully saturated rings. The van der Waals surface area contributed by atoms with Crippen LogP contribution in [-0.4, -0.2) is 12.6 Å². The molecule has 0 heterocycles. The Morgan fingerprint density at radius 1 is 1.12 bits per heavy atom. The van der Waals surface area contributed by atoms with Crippen LogP contribution in [0.5, 0.6) is 0 Å². The van der Waals surface area contributed by atoms with E-state index in [0.29, 0.717) is 6.54 Å². The summed E-state index contributed by atoms with van der Waals surface area (Å²) in [6.45, 7) is 11.0. The van der Waals surface area contributed by atoms with Crippen molar-refractivity contribution in [2.45, 2.75) is 46.8 Å². The van der Waals surface area contributed by atoms with Crippen molar-refractivity contribution in [3.63, 3.8) is 0 Å². The zero-order chi connectivity index (χ0) is 12.3. The molecule has 2 N–H and O–H groups in total. The Bertz CT molecular complexity index is 335. The van der Waals surface area contributed by atoms with E-state index >= 15 is 0 Å². The molecule has 0 aliphatic carbocycles. The minimum Gasteiger partial charge on any atom is -0.370 e. The van der Waals surface area contributed by atoms with Gasteiger partial charge in [-0.05, 0) is 51.3 Å². The van der Waals surface area contributed by atoms with Crippen LogP contribution in [0.4, 0.5) is 0 Å². The topological polar surface area (TPSA) is 35.2 Å². The lowest BCUT2D eigenvalue weighted by Gasteiger charge is -2.23. The van der Waals surface area contributed by atoms with Crippen molar-refractivity contribution < 1.29 is 4.74 Å². The third kappa shape index (κ3) is 3.06. The summed E-state index contributed by atoms with van der Waals surface area (Å²) in [7, 11) is 0. The molecule has 1 atom stereocenters. The molecule has 1 aromatic rings. The fourth-order valence-corrected chi connectivity index (χ4v) is 2.27. The Hall–Kier alpha value is -0.860. The lowest BCUT2D eigenvalue weighted by Crippen LogP contribution is -2.21. The van der Waals surface area contributed by atoms with E-state index in [2.05, 4.69) is 32.9 Å². The van der Waals surface area contributed by atoms with Crippen LogP contribution in [0.2, 0.25) is 0 Å². The van der Waals surface area contributed by atoms with Gasteiger partial charge >= 0.3 is 0 Å². The average Bonchev–Trinajstić information content (AvgIpc) is 2.13. The number of nitrogens with two attached hydrogens (primary N) is 1. The molecular formula is C14H23NO. The van der Waals surface area contributed by atoms with E-state index in [1.807, 2.05) is 13.8 Å². The van der Waals surface area contributed by atoms with E-state index in [9.17, 15) is 0 Å². The first-order valence-electron chi connectivity index (χ1n) is 5.89. The molecule has 0 amide bonds. The molecule has 0 aliphatic heterocycles. The Balaban J connectivity index is 3.09. The summed E-state index contributed by atoms with van der Waals surface area (Å²) in [6, 6.07) is 4.38. The largest absolute Gasteiger partial charge is 0.370 e. The standard InChI is InChI=1S/C14H23NO/c1-9(2)16-13(8-15)14-11(4)6-10(3)7-12(14)5/h6-7,9,13H,8,15H2,1-5H3. The van der Waals surface area contributed by atoms with Gasteiger partial charge < -0.3 is 10.5 Å². The highest BCUT2D eigenvalue weighted by molar-refractivity contribution is 5.39. The van der Waals surface area contributed by atoms with Gasteiger partial charge in [0.15, 0.2) is 0 Å². The highest BCUT2D eigenvalue weighted by Crippen LogP contribution is 2.26. The molecule has 1 rings (SSSR count). The molecule has 0 bridgehead atoms. The first-order chi connectivity index (χ1) is 7.45. The molecule has 1 unspecified atom stereocenters. The molecule has 0 saturated heterocycles. The lowest BCUT2D eigenvalue weighted by atomic mass is 9.95. The van der Waals surface area contributed by atoms with Gasteiger partial charge in [-0.3, -0.25) is 0 Å². The minimum absolute atomic E-state index is 0.0144. The molecule has 16 heavy (non-hydrogen) atoms. The predicted molar refractivity (Wildman–Crippen MR) is 68.7 cm³/mol. The van der Waals surface area contributed by atoms with Gasteiger partial charge in [-0.15, -0.1) is 0 Å².